The lowest BCUT2D eigenvalue weighted by atomic mass is 10.2. The number of nitrogens with zero attached hydrogens (tertiary/aromatic N) is 2. The summed E-state index contributed by atoms with van der Waals surface area (Å²) in [5, 5.41) is 7.68. The molecule has 1 amide bonds. The van der Waals surface area contributed by atoms with E-state index in [9.17, 15) is 14.4 Å². The maximum atomic E-state index is 12.3. The van der Waals surface area contributed by atoms with E-state index in [1.807, 2.05) is 0 Å². The van der Waals surface area contributed by atoms with Crippen molar-refractivity contribution in [2.45, 2.75) is 25.8 Å². The molecule has 2 heterocycles. The maximum Gasteiger partial charge on any atom is 0.349 e. The van der Waals surface area contributed by atoms with E-state index in [1.165, 1.54) is 10.7 Å². The SMILES string of the molecule is O=C(NCCn1nc2c(cc1=O)CCC2)c1cc2ccccc2oc1=O. The largest absolute Gasteiger partial charge is 0.422 e. The molecule has 0 atom stereocenters. The molecule has 1 aliphatic rings. The number of hydrogen-bond acceptors (Lipinski definition) is 5. The molecule has 2 aromatic heterocycles. The number of para-hydroxylation sites is 1. The Bertz CT molecular complexity index is 1110. The van der Waals surface area contributed by atoms with Crippen LogP contribution in [0.5, 0.6) is 0 Å². The molecule has 0 unspecified atom stereocenters. The minimum Gasteiger partial charge on any atom is -0.422 e. The van der Waals surface area contributed by atoms with Gasteiger partial charge in [-0.15, -0.1) is 0 Å². The van der Waals surface area contributed by atoms with Crippen molar-refractivity contribution in [3.8, 4) is 0 Å². The van der Waals surface area contributed by atoms with E-state index in [0.717, 1.165) is 30.5 Å². The molecule has 0 saturated heterocycles. The van der Waals surface area contributed by atoms with Gasteiger partial charge in [-0.3, -0.25) is 9.59 Å². The van der Waals surface area contributed by atoms with Gasteiger partial charge < -0.3 is 9.73 Å². The number of aromatic nitrogens is 2. The molecule has 0 saturated carbocycles. The number of amides is 1. The third-order valence-electron chi connectivity index (χ3n) is 4.52. The second-order valence-corrected chi connectivity index (χ2v) is 6.27. The number of aryl methyl sites for hydroxylation is 2. The van der Waals surface area contributed by atoms with Crippen molar-refractivity contribution in [1.82, 2.24) is 15.1 Å². The molecule has 4 rings (SSSR count). The minimum absolute atomic E-state index is 0.0574. The molecule has 1 N–H and O–H groups in total. The van der Waals surface area contributed by atoms with E-state index >= 15 is 0 Å². The van der Waals surface area contributed by atoms with Crippen molar-refractivity contribution < 1.29 is 9.21 Å². The molecule has 7 nitrogen and oxygen atoms in total. The zero-order valence-electron chi connectivity index (χ0n) is 14.0. The highest BCUT2D eigenvalue weighted by molar-refractivity contribution is 5.96. The fourth-order valence-electron chi connectivity index (χ4n) is 3.19. The van der Waals surface area contributed by atoms with Gasteiger partial charge in [0.1, 0.15) is 11.1 Å². The predicted octanol–water partition coefficient (Wildman–Crippen LogP) is 1.27. The summed E-state index contributed by atoms with van der Waals surface area (Å²) in [6, 6.07) is 10.1. The van der Waals surface area contributed by atoms with Crippen LogP contribution in [0.2, 0.25) is 0 Å². The summed E-state index contributed by atoms with van der Waals surface area (Å²) in [6.45, 7) is 0.438. The van der Waals surface area contributed by atoms with Crippen LogP contribution in [0.25, 0.3) is 11.0 Å². The second-order valence-electron chi connectivity index (χ2n) is 6.27. The first-order valence-electron chi connectivity index (χ1n) is 8.53. The zero-order chi connectivity index (χ0) is 18.1. The summed E-state index contributed by atoms with van der Waals surface area (Å²) in [7, 11) is 0. The standard InChI is InChI=1S/C19H17N3O4/c23-17-11-12-5-3-6-15(12)21-22(17)9-8-20-18(24)14-10-13-4-1-2-7-16(13)26-19(14)25/h1-2,4,7,10-11H,3,5-6,8-9H2,(H,20,24). The monoisotopic (exact) mass is 351 g/mol. The first kappa shape index (κ1) is 16.3. The highest BCUT2D eigenvalue weighted by atomic mass is 16.4. The fourth-order valence-corrected chi connectivity index (χ4v) is 3.19. The molecule has 0 fully saturated rings. The van der Waals surface area contributed by atoms with E-state index in [-0.39, 0.29) is 24.2 Å². The Kier molecular flexibility index (Phi) is 4.12. The van der Waals surface area contributed by atoms with Crippen LogP contribution in [0.4, 0.5) is 0 Å². The van der Waals surface area contributed by atoms with Gasteiger partial charge in [0.2, 0.25) is 0 Å². The molecule has 1 aliphatic carbocycles. The molecule has 0 radical (unpaired) electrons. The van der Waals surface area contributed by atoms with E-state index in [2.05, 4.69) is 10.4 Å². The summed E-state index contributed by atoms with van der Waals surface area (Å²) in [6.07, 6.45) is 2.78. The third kappa shape index (κ3) is 3.03. The van der Waals surface area contributed by atoms with Crippen LogP contribution in [0, 0.1) is 0 Å². The van der Waals surface area contributed by atoms with Gasteiger partial charge in [-0.05, 0) is 37.0 Å². The van der Waals surface area contributed by atoms with Gasteiger partial charge in [-0.2, -0.15) is 5.10 Å². The molecule has 0 bridgehead atoms. The van der Waals surface area contributed by atoms with E-state index in [4.69, 9.17) is 4.42 Å². The molecule has 1 aromatic carbocycles. The molecule has 0 aliphatic heterocycles. The van der Waals surface area contributed by atoms with Crippen molar-refractivity contribution in [3.05, 3.63) is 74.0 Å². The molecule has 0 spiro atoms. The van der Waals surface area contributed by atoms with Gasteiger partial charge in [0.05, 0.1) is 12.2 Å². The van der Waals surface area contributed by atoms with Crippen molar-refractivity contribution >= 4 is 16.9 Å². The zero-order valence-corrected chi connectivity index (χ0v) is 14.0. The number of rotatable bonds is 4. The molecule has 7 heteroatoms. The third-order valence-corrected chi connectivity index (χ3v) is 4.52. The van der Waals surface area contributed by atoms with Gasteiger partial charge in [0, 0.05) is 18.0 Å². The Hall–Kier alpha value is -3.22. The number of benzene rings is 1. The number of nitrogens with one attached hydrogen (secondary N) is 1. The van der Waals surface area contributed by atoms with Crippen molar-refractivity contribution in [2.75, 3.05) is 6.54 Å². The quantitative estimate of drug-likeness (QED) is 0.715. The lowest BCUT2D eigenvalue weighted by molar-refractivity contribution is 0.0948. The summed E-state index contributed by atoms with van der Waals surface area (Å²) < 4.78 is 6.52. The highest BCUT2D eigenvalue weighted by Crippen LogP contribution is 2.16. The first-order chi connectivity index (χ1) is 12.6. The summed E-state index contributed by atoms with van der Waals surface area (Å²) >= 11 is 0. The van der Waals surface area contributed by atoms with E-state index in [0.29, 0.717) is 11.0 Å². The lowest BCUT2D eigenvalue weighted by Gasteiger charge is -2.08. The van der Waals surface area contributed by atoms with Gasteiger partial charge in [-0.1, -0.05) is 18.2 Å². The maximum absolute atomic E-state index is 12.3. The van der Waals surface area contributed by atoms with Gasteiger partial charge >= 0.3 is 5.63 Å². The van der Waals surface area contributed by atoms with E-state index in [1.54, 1.807) is 30.3 Å². The van der Waals surface area contributed by atoms with Crippen LogP contribution in [0.15, 0.2) is 50.4 Å². The Labute approximate surface area is 148 Å². The molecular formula is C19H17N3O4. The number of fused-ring (bicyclic) bond motifs is 2. The summed E-state index contributed by atoms with van der Waals surface area (Å²) in [5.74, 6) is -0.529. The molecule has 3 aromatic rings. The molecule has 26 heavy (non-hydrogen) atoms. The highest BCUT2D eigenvalue weighted by Gasteiger charge is 2.16. The topological polar surface area (TPSA) is 94.2 Å². The summed E-state index contributed by atoms with van der Waals surface area (Å²) in [4.78, 5) is 36.3. The van der Waals surface area contributed by atoms with Gasteiger partial charge in [0.15, 0.2) is 0 Å². The normalized spacial score (nSPS) is 12.9. The second kappa shape index (κ2) is 6.59. The minimum atomic E-state index is -0.686. The van der Waals surface area contributed by atoms with E-state index < -0.39 is 11.5 Å². The smallest absolute Gasteiger partial charge is 0.349 e. The Morgan fingerprint density at radius 1 is 1.19 bits per heavy atom. The Morgan fingerprint density at radius 3 is 2.92 bits per heavy atom. The van der Waals surface area contributed by atoms with Crippen LogP contribution in [-0.2, 0) is 19.4 Å². The Balaban J connectivity index is 1.47. The van der Waals surface area contributed by atoms with Crippen LogP contribution < -0.4 is 16.5 Å². The molecular weight excluding hydrogens is 334 g/mol. The van der Waals surface area contributed by atoms with Crippen LogP contribution in [-0.4, -0.2) is 22.2 Å². The van der Waals surface area contributed by atoms with Crippen LogP contribution in [0.3, 0.4) is 0 Å². The van der Waals surface area contributed by atoms with Crippen molar-refractivity contribution in [3.63, 3.8) is 0 Å². The fraction of sp³-hybridized carbons (Fsp3) is 0.263. The lowest BCUT2D eigenvalue weighted by Crippen LogP contribution is -2.34. The first-order valence-corrected chi connectivity index (χ1v) is 8.53. The van der Waals surface area contributed by atoms with Crippen molar-refractivity contribution in [1.29, 1.82) is 0 Å². The van der Waals surface area contributed by atoms with Crippen LogP contribution in [0.1, 0.15) is 28.0 Å². The number of hydrogen-bond donors (Lipinski definition) is 1. The predicted molar refractivity (Wildman–Crippen MR) is 95.3 cm³/mol. The average Bonchev–Trinajstić information content (AvgIpc) is 3.08. The van der Waals surface area contributed by atoms with Gasteiger partial charge in [0.25, 0.3) is 11.5 Å². The van der Waals surface area contributed by atoms with Gasteiger partial charge in [-0.25, -0.2) is 9.48 Å². The van der Waals surface area contributed by atoms with Crippen molar-refractivity contribution in [2.24, 2.45) is 0 Å². The summed E-state index contributed by atoms with van der Waals surface area (Å²) in [5.41, 5.74) is 1.48. The number of carbonyl (C=O) groups is 1. The number of carbonyl (C=O) groups excluding carboxylic acids is 1. The van der Waals surface area contributed by atoms with Crippen LogP contribution >= 0.6 is 0 Å². The molecule has 132 valence electrons. The Morgan fingerprint density at radius 2 is 2.04 bits per heavy atom. The average molecular weight is 351 g/mol.